The molecule has 0 radical (unpaired) electrons. The standard InChI is InChI=1S/C10H20BNO4/c1-10(9(13)14)8(5-7-12-10)4-2-3-6-11(15)16/h8,12,15-16H,2-7H2,1H3,(H,13,14)/t8-,10-/m1/s1. The van der Waals surface area contributed by atoms with E-state index in [-0.39, 0.29) is 5.92 Å². The van der Waals surface area contributed by atoms with Crippen molar-refractivity contribution in [3.8, 4) is 0 Å². The number of aliphatic carboxylic acids is 1. The second kappa shape index (κ2) is 5.66. The highest BCUT2D eigenvalue weighted by Gasteiger charge is 2.44. The summed E-state index contributed by atoms with van der Waals surface area (Å²) in [7, 11) is -1.24. The lowest BCUT2D eigenvalue weighted by atomic mass is 9.80. The Labute approximate surface area is 96.0 Å². The van der Waals surface area contributed by atoms with Gasteiger partial charge in [0.25, 0.3) is 0 Å². The molecule has 0 aliphatic carbocycles. The fourth-order valence-electron chi connectivity index (χ4n) is 2.34. The minimum atomic E-state index is -1.24. The zero-order valence-corrected chi connectivity index (χ0v) is 9.65. The van der Waals surface area contributed by atoms with Crippen molar-refractivity contribution in [2.45, 2.75) is 44.5 Å². The van der Waals surface area contributed by atoms with Crippen LogP contribution in [0.4, 0.5) is 0 Å². The molecule has 0 amide bonds. The maximum atomic E-state index is 11.1. The molecule has 0 unspecified atom stereocenters. The second-order valence-corrected chi connectivity index (χ2v) is 4.68. The number of nitrogens with one attached hydrogen (secondary N) is 1. The third-order valence-electron chi connectivity index (χ3n) is 3.51. The van der Waals surface area contributed by atoms with Crippen LogP contribution in [-0.2, 0) is 4.79 Å². The molecular formula is C10H20BNO4. The molecule has 0 aromatic carbocycles. The van der Waals surface area contributed by atoms with Crippen LogP contribution in [0.3, 0.4) is 0 Å². The van der Waals surface area contributed by atoms with Crippen LogP contribution in [0, 0.1) is 5.92 Å². The summed E-state index contributed by atoms with van der Waals surface area (Å²) in [6.45, 7) is 2.48. The lowest BCUT2D eigenvalue weighted by Crippen LogP contribution is -2.49. The molecule has 16 heavy (non-hydrogen) atoms. The summed E-state index contributed by atoms with van der Waals surface area (Å²) >= 11 is 0. The molecular weight excluding hydrogens is 209 g/mol. The lowest BCUT2D eigenvalue weighted by molar-refractivity contribution is -0.145. The van der Waals surface area contributed by atoms with Crippen molar-refractivity contribution in [2.75, 3.05) is 6.54 Å². The number of carbonyl (C=O) groups is 1. The molecule has 1 heterocycles. The Morgan fingerprint density at radius 2 is 2.19 bits per heavy atom. The van der Waals surface area contributed by atoms with Crippen molar-refractivity contribution < 1.29 is 19.9 Å². The highest BCUT2D eigenvalue weighted by atomic mass is 16.4. The van der Waals surface area contributed by atoms with Crippen LogP contribution in [0.2, 0.25) is 6.32 Å². The largest absolute Gasteiger partial charge is 0.480 e. The van der Waals surface area contributed by atoms with Crippen molar-refractivity contribution in [1.82, 2.24) is 5.32 Å². The third-order valence-corrected chi connectivity index (χ3v) is 3.51. The van der Waals surface area contributed by atoms with Gasteiger partial charge in [-0.15, -0.1) is 0 Å². The molecule has 2 atom stereocenters. The molecule has 1 aliphatic rings. The van der Waals surface area contributed by atoms with Gasteiger partial charge < -0.3 is 20.5 Å². The van der Waals surface area contributed by atoms with Crippen molar-refractivity contribution in [3.63, 3.8) is 0 Å². The van der Waals surface area contributed by atoms with Gasteiger partial charge >= 0.3 is 13.1 Å². The molecule has 1 saturated heterocycles. The van der Waals surface area contributed by atoms with E-state index in [2.05, 4.69) is 5.32 Å². The van der Waals surface area contributed by atoms with Gasteiger partial charge in [-0.05, 0) is 38.5 Å². The van der Waals surface area contributed by atoms with Crippen molar-refractivity contribution >= 4 is 13.1 Å². The van der Waals surface area contributed by atoms with Gasteiger partial charge in [0.05, 0.1) is 0 Å². The Morgan fingerprint density at radius 3 is 2.75 bits per heavy atom. The van der Waals surface area contributed by atoms with Crippen LogP contribution in [0.5, 0.6) is 0 Å². The van der Waals surface area contributed by atoms with Gasteiger partial charge in [0.2, 0.25) is 0 Å². The van der Waals surface area contributed by atoms with Gasteiger partial charge in [0.15, 0.2) is 0 Å². The minimum absolute atomic E-state index is 0.140. The minimum Gasteiger partial charge on any atom is -0.480 e. The second-order valence-electron chi connectivity index (χ2n) is 4.68. The number of rotatable bonds is 6. The Bertz CT molecular complexity index is 249. The Morgan fingerprint density at radius 1 is 1.50 bits per heavy atom. The Balaban J connectivity index is 2.33. The lowest BCUT2D eigenvalue weighted by Gasteiger charge is -2.26. The van der Waals surface area contributed by atoms with Crippen molar-refractivity contribution in [3.05, 3.63) is 0 Å². The Hall–Kier alpha value is -0.585. The van der Waals surface area contributed by atoms with Gasteiger partial charge in [-0.3, -0.25) is 4.79 Å². The quantitative estimate of drug-likeness (QED) is 0.382. The van der Waals surface area contributed by atoms with E-state index < -0.39 is 18.6 Å². The first kappa shape index (κ1) is 13.5. The SMILES string of the molecule is C[C@@]1(C(=O)O)NCC[C@H]1CCCCB(O)O. The first-order chi connectivity index (χ1) is 7.47. The maximum Gasteiger partial charge on any atom is 0.451 e. The van der Waals surface area contributed by atoms with Crippen molar-refractivity contribution in [1.29, 1.82) is 0 Å². The first-order valence-electron chi connectivity index (χ1n) is 5.81. The van der Waals surface area contributed by atoms with E-state index in [1.54, 1.807) is 6.92 Å². The summed E-state index contributed by atoms with van der Waals surface area (Å²) in [5.41, 5.74) is -0.808. The van der Waals surface area contributed by atoms with E-state index in [0.29, 0.717) is 6.32 Å². The third kappa shape index (κ3) is 3.20. The molecule has 0 aromatic heterocycles. The number of carboxylic acids is 1. The molecule has 92 valence electrons. The van der Waals surface area contributed by atoms with Gasteiger partial charge in [0, 0.05) is 0 Å². The number of carboxylic acid groups (broad SMARTS) is 1. The van der Waals surface area contributed by atoms with Crippen LogP contribution in [0.25, 0.3) is 0 Å². The summed E-state index contributed by atoms with van der Waals surface area (Å²) in [6.07, 6.45) is 3.63. The topological polar surface area (TPSA) is 89.8 Å². The number of hydrogen-bond acceptors (Lipinski definition) is 4. The summed E-state index contributed by atoms with van der Waals surface area (Å²) in [5, 5.41) is 29.5. The van der Waals surface area contributed by atoms with Crippen LogP contribution in [-0.4, -0.2) is 40.3 Å². The molecule has 4 N–H and O–H groups in total. The van der Waals surface area contributed by atoms with E-state index in [1.807, 2.05) is 0 Å². The van der Waals surface area contributed by atoms with Crippen LogP contribution >= 0.6 is 0 Å². The fraction of sp³-hybridized carbons (Fsp3) is 0.900. The summed E-state index contributed by atoms with van der Waals surface area (Å²) in [4.78, 5) is 11.1. The van der Waals surface area contributed by atoms with Gasteiger partial charge in [-0.1, -0.05) is 12.8 Å². The molecule has 0 bridgehead atoms. The van der Waals surface area contributed by atoms with Crippen molar-refractivity contribution in [2.24, 2.45) is 5.92 Å². The normalized spacial score (nSPS) is 29.3. The van der Waals surface area contributed by atoms with E-state index >= 15 is 0 Å². The molecule has 0 saturated carbocycles. The summed E-state index contributed by atoms with van der Waals surface area (Å²) < 4.78 is 0. The predicted molar refractivity (Wildman–Crippen MR) is 61.0 cm³/mol. The molecule has 6 heteroatoms. The smallest absolute Gasteiger partial charge is 0.451 e. The zero-order chi connectivity index (χ0) is 12.2. The highest BCUT2D eigenvalue weighted by Crippen LogP contribution is 2.31. The molecule has 0 aromatic rings. The number of hydrogen-bond donors (Lipinski definition) is 4. The van der Waals surface area contributed by atoms with Gasteiger partial charge in [-0.25, -0.2) is 0 Å². The summed E-state index contributed by atoms with van der Waals surface area (Å²) in [6, 6.07) is 0. The average molecular weight is 229 g/mol. The molecule has 0 spiro atoms. The molecule has 5 nitrogen and oxygen atoms in total. The van der Waals surface area contributed by atoms with E-state index in [0.717, 1.165) is 32.2 Å². The fourth-order valence-corrected chi connectivity index (χ4v) is 2.34. The van der Waals surface area contributed by atoms with Crippen LogP contribution in [0.1, 0.15) is 32.6 Å². The average Bonchev–Trinajstić information content (AvgIpc) is 2.56. The molecule has 1 rings (SSSR count). The highest BCUT2D eigenvalue weighted by molar-refractivity contribution is 6.40. The molecule has 1 fully saturated rings. The maximum absolute atomic E-state index is 11.1. The van der Waals surface area contributed by atoms with Crippen LogP contribution < -0.4 is 5.32 Å². The van der Waals surface area contributed by atoms with Gasteiger partial charge in [-0.2, -0.15) is 0 Å². The summed E-state index contributed by atoms with van der Waals surface area (Å²) in [5.74, 6) is -0.655. The van der Waals surface area contributed by atoms with E-state index in [4.69, 9.17) is 15.2 Å². The van der Waals surface area contributed by atoms with E-state index in [9.17, 15) is 4.79 Å². The zero-order valence-electron chi connectivity index (χ0n) is 9.65. The van der Waals surface area contributed by atoms with Gasteiger partial charge in [0.1, 0.15) is 5.54 Å². The predicted octanol–water partition coefficient (Wildman–Crippen LogP) is 0.0823. The van der Waals surface area contributed by atoms with E-state index in [1.165, 1.54) is 0 Å². The van der Waals surface area contributed by atoms with Crippen LogP contribution in [0.15, 0.2) is 0 Å². The Kier molecular flexibility index (Phi) is 4.77. The first-order valence-corrected chi connectivity index (χ1v) is 5.81. The monoisotopic (exact) mass is 229 g/mol. The molecule has 1 aliphatic heterocycles. The number of unbranched alkanes of at least 4 members (excludes halogenated alkanes) is 1.